The second-order valence-electron chi connectivity index (χ2n) is 27.0. The third-order valence-corrected chi connectivity index (χ3v) is 18.9. The molecule has 2 unspecified atom stereocenters. The summed E-state index contributed by atoms with van der Waals surface area (Å²) in [6.07, 6.45) is 79.5. The van der Waals surface area contributed by atoms with E-state index in [1.807, 2.05) is 12.2 Å². The number of phosphoric acid groups is 2. The number of aliphatic hydroxyl groups is 1. The highest BCUT2D eigenvalue weighted by Crippen LogP contribution is 2.45. The van der Waals surface area contributed by atoms with Gasteiger partial charge in [-0.2, -0.15) is 0 Å². The van der Waals surface area contributed by atoms with Crippen LogP contribution in [0.1, 0.15) is 349 Å². The zero-order valence-corrected chi connectivity index (χ0v) is 66.3. The molecule has 0 saturated carbocycles. The SMILES string of the molecule is CCCCC/C=C\C/C=C\C/C=C\C/C=C\CCCC(=O)OC[C@H](COP(=O)(O)OC[C@@H](O)COP(=O)(O)OC[C@@H](COC(=O)CCCCCCC/C=C\CCCCCCCC)OC(=O)CCCCCCC/C=C\C/C=C\CCCCC)OC(=O)CCCCCCCCC/C=C\CCCCCC. The van der Waals surface area contributed by atoms with E-state index in [0.29, 0.717) is 32.1 Å². The van der Waals surface area contributed by atoms with Gasteiger partial charge in [-0.05, 0) is 148 Å². The van der Waals surface area contributed by atoms with Crippen LogP contribution in [0.2, 0.25) is 0 Å². The maximum absolute atomic E-state index is 13.1. The molecule has 5 atom stereocenters. The Bertz CT molecular complexity index is 2310. The molecule has 0 amide bonds. The summed E-state index contributed by atoms with van der Waals surface area (Å²) in [6, 6.07) is 0. The Balaban J connectivity index is 5.41. The second kappa shape index (κ2) is 75.2. The largest absolute Gasteiger partial charge is 0.472 e. The molecule has 0 fully saturated rings. The van der Waals surface area contributed by atoms with E-state index in [4.69, 9.17) is 37.0 Å². The van der Waals surface area contributed by atoms with Crippen molar-refractivity contribution in [3.8, 4) is 0 Å². The van der Waals surface area contributed by atoms with E-state index >= 15 is 0 Å². The first-order valence-corrected chi connectivity index (χ1v) is 43.5. The molecule has 590 valence electrons. The van der Waals surface area contributed by atoms with Crippen molar-refractivity contribution in [3.63, 3.8) is 0 Å². The number of esters is 4. The highest BCUT2D eigenvalue weighted by atomic mass is 31.2. The Hall–Kier alpha value is -4.02. The smallest absolute Gasteiger partial charge is 0.462 e. The van der Waals surface area contributed by atoms with Crippen LogP contribution in [0.25, 0.3) is 0 Å². The summed E-state index contributed by atoms with van der Waals surface area (Å²) < 4.78 is 68.6. The molecular weight excluding hydrogens is 1330 g/mol. The number of hydrogen-bond donors (Lipinski definition) is 3. The predicted octanol–water partition coefficient (Wildman–Crippen LogP) is 23.6. The molecule has 17 nitrogen and oxygen atoms in total. The van der Waals surface area contributed by atoms with Crippen LogP contribution in [0.4, 0.5) is 0 Å². The lowest BCUT2D eigenvalue weighted by molar-refractivity contribution is -0.161. The Kier molecular flexibility index (Phi) is 72.3. The molecule has 0 aromatic carbocycles. The molecule has 0 heterocycles. The van der Waals surface area contributed by atoms with Crippen molar-refractivity contribution in [2.24, 2.45) is 0 Å². The zero-order valence-electron chi connectivity index (χ0n) is 64.5. The van der Waals surface area contributed by atoms with E-state index < -0.39 is 97.5 Å². The van der Waals surface area contributed by atoms with Gasteiger partial charge in [-0.3, -0.25) is 37.3 Å². The fraction of sp³-hybridized carbons (Fsp3) is 0.759. The number of phosphoric ester groups is 2. The molecule has 0 aliphatic rings. The molecule has 0 radical (unpaired) electrons. The number of unbranched alkanes of at least 4 members (excludes halogenated alkanes) is 34. The predicted molar refractivity (Wildman–Crippen MR) is 418 cm³/mol. The number of carbonyl (C=O) groups is 4. The Morgan fingerprint density at radius 2 is 0.490 bits per heavy atom. The number of rotatable bonds is 76. The molecule has 102 heavy (non-hydrogen) atoms. The summed E-state index contributed by atoms with van der Waals surface area (Å²) in [7, 11) is -9.97. The molecule has 0 saturated heterocycles. The molecular formula is C83H146O17P2. The van der Waals surface area contributed by atoms with E-state index in [0.717, 1.165) is 161 Å². The van der Waals surface area contributed by atoms with Crippen molar-refractivity contribution in [1.29, 1.82) is 0 Å². The Labute approximate surface area is 620 Å². The average Bonchev–Trinajstić information content (AvgIpc) is 0.923. The van der Waals surface area contributed by atoms with Gasteiger partial charge >= 0.3 is 39.5 Å². The number of carbonyl (C=O) groups excluding carboxylic acids is 4. The minimum atomic E-state index is -4.99. The van der Waals surface area contributed by atoms with Crippen LogP contribution in [-0.2, 0) is 65.4 Å². The van der Waals surface area contributed by atoms with Gasteiger partial charge in [-0.25, -0.2) is 9.13 Å². The normalized spacial score (nSPS) is 14.4. The summed E-state index contributed by atoms with van der Waals surface area (Å²) in [6.45, 7) is 4.75. The molecule has 0 spiro atoms. The topological polar surface area (TPSA) is 237 Å². The van der Waals surface area contributed by atoms with Crippen molar-refractivity contribution in [2.75, 3.05) is 39.6 Å². The molecule has 19 heteroatoms. The van der Waals surface area contributed by atoms with Crippen LogP contribution < -0.4 is 0 Å². The van der Waals surface area contributed by atoms with Gasteiger partial charge in [0.25, 0.3) is 0 Å². The molecule has 0 rings (SSSR count). The fourth-order valence-electron chi connectivity index (χ4n) is 10.8. The van der Waals surface area contributed by atoms with Gasteiger partial charge < -0.3 is 33.8 Å². The van der Waals surface area contributed by atoms with Crippen LogP contribution in [-0.4, -0.2) is 96.7 Å². The Morgan fingerprint density at radius 1 is 0.275 bits per heavy atom. The highest BCUT2D eigenvalue weighted by molar-refractivity contribution is 7.47. The van der Waals surface area contributed by atoms with Crippen molar-refractivity contribution in [3.05, 3.63) is 97.2 Å². The molecule has 3 N–H and O–H groups in total. The lowest BCUT2D eigenvalue weighted by Crippen LogP contribution is -2.30. The van der Waals surface area contributed by atoms with Gasteiger partial charge in [0.2, 0.25) is 0 Å². The second-order valence-corrected chi connectivity index (χ2v) is 29.9. The fourth-order valence-corrected chi connectivity index (χ4v) is 12.3. The van der Waals surface area contributed by atoms with Gasteiger partial charge in [0, 0.05) is 25.7 Å². The molecule has 0 aliphatic carbocycles. The monoisotopic (exact) mass is 1480 g/mol. The standard InChI is InChI=1S/C83H146O17P2/c1-5-9-13-17-21-25-29-33-37-38-42-44-48-52-56-60-64-68-81(86)94-74-79(100-83(88)70-66-62-58-54-50-46-41-36-32-28-24-20-16-12-8-4)76-98-102(91,92)96-72-77(84)71-95-101(89,90)97-75-78(99-82(87)69-65-61-57-53-49-45-40-35-31-27-23-19-15-11-7-3)73-93-80(85)67-63-59-55-51-47-43-39-34-30-26-22-18-14-10-6-2/h21,23,25,27-28,32-35,37,39-40,42,44,52,56,77-79,84H,5-20,22,24,26,29-31,36,38,41,43,45-51,53-55,57-76H2,1-4H3,(H,89,90)(H,91,92)/b25-21-,27-23-,32-28-,37-33-,39-34-,40-35-,44-42-,56-52-/t77-,78+,79+/m0/s1. The first-order valence-electron chi connectivity index (χ1n) is 40.5. The quantitative estimate of drug-likeness (QED) is 0.0169. The molecule has 0 aromatic rings. The summed E-state index contributed by atoms with van der Waals surface area (Å²) in [5.74, 6) is -2.25. The van der Waals surface area contributed by atoms with Crippen molar-refractivity contribution < 1.29 is 80.2 Å². The maximum atomic E-state index is 13.1. The summed E-state index contributed by atoms with van der Waals surface area (Å²) in [5.41, 5.74) is 0. The third-order valence-electron chi connectivity index (χ3n) is 17.0. The molecule has 0 aromatic heterocycles. The summed E-state index contributed by atoms with van der Waals surface area (Å²) in [4.78, 5) is 73.0. The molecule has 0 aliphatic heterocycles. The van der Waals surface area contributed by atoms with Gasteiger partial charge in [0.15, 0.2) is 12.2 Å². The minimum Gasteiger partial charge on any atom is -0.462 e. The van der Waals surface area contributed by atoms with Gasteiger partial charge in [-0.15, -0.1) is 0 Å². The van der Waals surface area contributed by atoms with Gasteiger partial charge in [-0.1, -0.05) is 273 Å². The van der Waals surface area contributed by atoms with Crippen LogP contribution >= 0.6 is 15.6 Å². The highest BCUT2D eigenvalue weighted by Gasteiger charge is 2.30. The first-order chi connectivity index (χ1) is 49.7. The lowest BCUT2D eigenvalue weighted by atomic mass is 10.1. The third kappa shape index (κ3) is 74.3. The van der Waals surface area contributed by atoms with Gasteiger partial charge in [0.05, 0.1) is 26.4 Å². The Morgan fingerprint density at radius 3 is 0.814 bits per heavy atom. The van der Waals surface area contributed by atoms with Crippen molar-refractivity contribution in [2.45, 2.75) is 367 Å². The number of aliphatic hydroxyl groups excluding tert-OH is 1. The zero-order chi connectivity index (χ0) is 74.6. The summed E-state index contributed by atoms with van der Waals surface area (Å²) >= 11 is 0. The van der Waals surface area contributed by atoms with Crippen LogP contribution in [0.3, 0.4) is 0 Å². The van der Waals surface area contributed by atoms with Crippen LogP contribution in [0, 0.1) is 0 Å². The minimum absolute atomic E-state index is 0.0770. The van der Waals surface area contributed by atoms with Crippen molar-refractivity contribution in [1.82, 2.24) is 0 Å². The van der Waals surface area contributed by atoms with E-state index in [1.54, 1.807) is 0 Å². The number of allylic oxidation sites excluding steroid dienone is 16. The van der Waals surface area contributed by atoms with Gasteiger partial charge in [0.1, 0.15) is 19.3 Å². The van der Waals surface area contributed by atoms with Crippen LogP contribution in [0.15, 0.2) is 97.2 Å². The molecule has 0 bridgehead atoms. The van der Waals surface area contributed by atoms with Crippen molar-refractivity contribution >= 4 is 39.5 Å². The lowest BCUT2D eigenvalue weighted by Gasteiger charge is -2.21. The first kappa shape index (κ1) is 98.0. The van der Waals surface area contributed by atoms with E-state index in [1.165, 1.54) is 103 Å². The number of hydrogen-bond acceptors (Lipinski definition) is 15. The summed E-state index contributed by atoms with van der Waals surface area (Å²) in [5, 5.41) is 10.6. The van der Waals surface area contributed by atoms with Crippen LogP contribution in [0.5, 0.6) is 0 Å². The van der Waals surface area contributed by atoms with E-state index in [-0.39, 0.29) is 25.7 Å². The number of ether oxygens (including phenoxy) is 4. The van der Waals surface area contributed by atoms with E-state index in [2.05, 4.69) is 113 Å². The average molecular weight is 1480 g/mol. The van der Waals surface area contributed by atoms with E-state index in [9.17, 15) is 43.2 Å². The maximum Gasteiger partial charge on any atom is 0.472 e.